The number of rotatable bonds is 13. The average Bonchev–Trinajstić information content (AvgIpc) is 3.81. The molecule has 4 heterocycles. The van der Waals surface area contributed by atoms with E-state index < -0.39 is 11.8 Å². The van der Waals surface area contributed by atoms with Crippen molar-refractivity contribution in [3.8, 4) is 11.5 Å². The van der Waals surface area contributed by atoms with Crippen molar-refractivity contribution in [1.82, 2.24) is 29.1 Å². The number of anilines is 4. The highest BCUT2D eigenvalue weighted by Crippen LogP contribution is 2.34. The molecule has 0 radical (unpaired) electrons. The van der Waals surface area contributed by atoms with Gasteiger partial charge in [-0.05, 0) is 37.1 Å². The lowest BCUT2D eigenvalue weighted by molar-refractivity contribution is 0.0991. The zero-order valence-corrected chi connectivity index (χ0v) is 27.6. The van der Waals surface area contributed by atoms with Gasteiger partial charge in [-0.25, -0.2) is 19.9 Å². The van der Waals surface area contributed by atoms with E-state index in [0.29, 0.717) is 88.3 Å². The minimum atomic E-state index is -0.692. The summed E-state index contributed by atoms with van der Waals surface area (Å²) in [7, 11) is 1.50. The fraction of sp³-hybridized carbons (Fsp3) is 0.273. The van der Waals surface area contributed by atoms with E-state index in [1.807, 2.05) is 30.6 Å². The van der Waals surface area contributed by atoms with Gasteiger partial charge in [0, 0.05) is 38.1 Å². The Balaban J connectivity index is 1.40. The summed E-state index contributed by atoms with van der Waals surface area (Å²) in [6.45, 7) is 7.99. The molecule has 6 aromatic rings. The van der Waals surface area contributed by atoms with Crippen LogP contribution in [0.4, 0.5) is 23.7 Å². The zero-order chi connectivity index (χ0) is 35.0. The highest BCUT2D eigenvalue weighted by molar-refractivity contribution is 6.00. The number of nitrogens with one attached hydrogen (secondary N) is 2. The molecule has 4 aromatic heterocycles. The Hall–Kier alpha value is -6.32. The number of phenolic OH excluding ortho intramolecular Hbond substituents is 1. The molecule has 0 bridgehead atoms. The van der Waals surface area contributed by atoms with Crippen LogP contribution in [0.1, 0.15) is 57.7 Å². The van der Waals surface area contributed by atoms with E-state index in [2.05, 4.69) is 25.6 Å². The summed E-state index contributed by atoms with van der Waals surface area (Å²) in [5.41, 5.74) is 14.7. The number of aromatic nitrogens is 6. The lowest BCUT2D eigenvalue weighted by Crippen LogP contribution is -2.11. The third kappa shape index (κ3) is 6.22. The first kappa shape index (κ1) is 32.6. The summed E-state index contributed by atoms with van der Waals surface area (Å²) in [5.74, 6) is 1.58. The SMILES string of the molecule is CCc1nc(C)oc1Nc1nc2cc(C(N)=O)cc(O)c2n1C/C=C/Cn1c(Nc2oc(C)nc2CC)nc2cc(C(N)=O)cc(OC)c21. The van der Waals surface area contributed by atoms with Crippen molar-refractivity contribution in [2.45, 2.75) is 53.6 Å². The molecule has 0 atom stereocenters. The summed E-state index contributed by atoms with van der Waals surface area (Å²) in [6, 6.07) is 6.00. The number of aryl methyl sites for hydroxylation is 4. The van der Waals surface area contributed by atoms with Gasteiger partial charge in [0.25, 0.3) is 0 Å². The van der Waals surface area contributed by atoms with Crippen molar-refractivity contribution in [3.63, 3.8) is 0 Å². The van der Waals surface area contributed by atoms with Gasteiger partial charge in [-0.15, -0.1) is 0 Å². The molecule has 0 fully saturated rings. The van der Waals surface area contributed by atoms with Crippen LogP contribution >= 0.6 is 0 Å². The smallest absolute Gasteiger partial charge is 0.248 e. The van der Waals surface area contributed by atoms with E-state index in [1.54, 1.807) is 30.5 Å². The third-order valence-electron chi connectivity index (χ3n) is 7.89. The lowest BCUT2D eigenvalue weighted by Gasteiger charge is -2.11. The number of nitrogens with zero attached hydrogens (tertiary/aromatic N) is 6. The number of hydrogen-bond donors (Lipinski definition) is 5. The number of carbonyl (C=O) groups excluding carboxylic acids is 2. The molecule has 0 aliphatic rings. The van der Waals surface area contributed by atoms with Crippen LogP contribution in [0.25, 0.3) is 22.1 Å². The van der Waals surface area contributed by atoms with Gasteiger partial charge >= 0.3 is 0 Å². The maximum absolute atomic E-state index is 12.1. The van der Waals surface area contributed by atoms with Crippen molar-refractivity contribution in [3.05, 3.63) is 70.7 Å². The van der Waals surface area contributed by atoms with Crippen molar-refractivity contribution in [2.75, 3.05) is 17.7 Å². The maximum Gasteiger partial charge on any atom is 0.248 e. The van der Waals surface area contributed by atoms with Crippen LogP contribution < -0.4 is 26.8 Å². The van der Waals surface area contributed by atoms with Gasteiger partial charge < -0.3 is 39.3 Å². The molecule has 0 aliphatic carbocycles. The molecule has 2 amide bonds. The number of carbonyl (C=O) groups is 2. The van der Waals surface area contributed by atoms with E-state index in [-0.39, 0.29) is 23.4 Å². The Kier molecular flexibility index (Phi) is 8.69. The molecular weight excluding hydrogens is 632 g/mol. The predicted molar refractivity (Wildman–Crippen MR) is 182 cm³/mol. The Morgan fingerprint density at radius 1 is 0.796 bits per heavy atom. The van der Waals surface area contributed by atoms with Gasteiger partial charge in [-0.2, -0.15) is 0 Å². The molecule has 2 aromatic carbocycles. The standard InChI is InChI=1S/C33H36N10O6/c1-6-20-30(48-16(3)36-20)40-32-38-22-12-18(28(34)45)14-24(44)26(22)42(32)10-8-9-11-43-27-23(13-19(29(35)46)15-25(27)47-5)39-33(43)41-31-21(7-2)37-17(4)49-31/h8-9,12-15,44H,6-7,10-11H2,1-5H3,(H2,34,45)(H2,35,46)(H,38,40)(H,39,41)/b9-8+. The van der Waals surface area contributed by atoms with E-state index in [1.165, 1.54) is 19.2 Å². The predicted octanol–water partition coefficient (Wildman–Crippen LogP) is 4.76. The monoisotopic (exact) mass is 668 g/mol. The Morgan fingerprint density at radius 3 is 1.73 bits per heavy atom. The number of benzene rings is 2. The first-order chi connectivity index (χ1) is 23.5. The van der Waals surface area contributed by atoms with Gasteiger partial charge in [0.05, 0.1) is 18.1 Å². The minimum absolute atomic E-state index is 0.120. The van der Waals surface area contributed by atoms with Gasteiger partial charge in [-0.3, -0.25) is 20.2 Å². The molecule has 0 saturated heterocycles. The third-order valence-corrected chi connectivity index (χ3v) is 7.89. The highest BCUT2D eigenvalue weighted by atomic mass is 16.5. The lowest BCUT2D eigenvalue weighted by atomic mass is 10.1. The van der Waals surface area contributed by atoms with Crippen LogP contribution in [0.15, 0.2) is 45.3 Å². The molecule has 0 aliphatic heterocycles. The quantitative estimate of drug-likeness (QED) is 0.105. The van der Waals surface area contributed by atoms with Crippen LogP contribution in [0.3, 0.4) is 0 Å². The fourth-order valence-corrected chi connectivity index (χ4v) is 5.64. The summed E-state index contributed by atoms with van der Waals surface area (Å²) >= 11 is 0. The molecule has 7 N–H and O–H groups in total. The summed E-state index contributed by atoms with van der Waals surface area (Å²) in [6.07, 6.45) is 5.03. The normalized spacial score (nSPS) is 11.6. The molecule has 0 spiro atoms. The molecule has 6 rings (SSSR count). The Labute approximate surface area is 279 Å². The second kappa shape index (κ2) is 13.1. The van der Waals surface area contributed by atoms with Gasteiger partial charge in [0.2, 0.25) is 35.5 Å². The number of ether oxygens (including phenoxy) is 1. The topological polar surface area (TPSA) is 227 Å². The number of nitrogens with two attached hydrogens (primary N) is 2. The van der Waals surface area contributed by atoms with Gasteiger partial charge in [0.1, 0.15) is 33.9 Å². The molecule has 0 saturated carbocycles. The molecule has 16 nitrogen and oxygen atoms in total. The number of oxazole rings is 2. The van der Waals surface area contributed by atoms with Crippen molar-refractivity contribution >= 4 is 57.5 Å². The molecule has 49 heavy (non-hydrogen) atoms. The van der Waals surface area contributed by atoms with Crippen molar-refractivity contribution < 1.29 is 28.3 Å². The minimum Gasteiger partial charge on any atom is -0.506 e. The van der Waals surface area contributed by atoms with E-state index >= 15 is 0 Å². The first-order valence-corrected chi connectivity index (χ1v) is 15.5. The molecule has 0 unspecified atom stereocenters. The van der Waals surface area contributed by atoms with Gasteiger partial charge in [-0.1, -0.05) is 26.0 Å². The van der Waals surface area contributed by atoms with Crippen molar-refractivity contribution in [1.29, 1.82) is 0 Å². The maximum atomic E-state index is 12.1. The summed E-state index contributed by atoms with van der Waals surface area (Å²) in [5, 5.41) is 17.5. The number of fused-ring (bicyclic) bond motifs is 2. The second-order valence-electron chi connectivity index (χ2n) is 11.2. The summed E-state index contributed by atoms with van der Waals surface area (Å²) < 4.78 is 20.9. The van der Waals surface area contributed by atoms with E-state index in [4.69, 9.17) is 30.0 Å². The Morgan fingerprint density at radius 2 is 1.27 bits per heavy atom. The van der Waals surface area contributed by atoms with Crippen LogP contribution in [0, 0.1) is 13.8 Å². The zero-order valence-electron chi connectivity index (χ0n) is 27.6. The van der Waals surface area contributed by atoms with Gasteiger partial charge in [0.15, 0.2) is 11.8 Å². The summed E-state index contributed by atoms with van der Waals surface area (Å²) in [4.78, 5) is 42.3. The van der Waals surface area contributed by atoms with Crippen molar-refractivity contribution in [2.24, 2.45) is 11.5 Å². The van der Waals surface area contributed by atoms with Crippen LogP contribution in [0.2, 0.25) is 0 Å². The van der Waals surface area contributed by atoms with E-state index in [9.17, 15) is 14.7 Å². The molecular formula is C33H36N10O6. The molecule has 254 valence electrons. The van der Waals surface area contributed by atoms with Crippen LogP contribution in [0.5, 0.6) is 11.5 Å². The average molecular weight is 669 g/mol. The van der Waals surface area contributed by atoms with Crippen LogP contribution in [-0.2, 0) is 25.9 Å². The second-order valence-corrected chi connectivity index (χ2v) is 11.2. The largest absolute Gasteiger partial charge is 0.506 e. The number of phenols is 1. The number of aromatic hydroxyl groups is 1. The highest BCUT2D eigenvalue weighted by Gasteiger charge is 2.21. The Bertz CT molecular complexity index is 2260. The number of hydrogen-bond acceptors (Lipinski definition) is 12. The molecule has 16 heteroatoms. The number of imidazole rings is 2. The van der Waals surface area contributed by atoms with Crippen LogP contribution in [-0.4, -0.2) is 53.1 Å². The first-order valence-electron chi connectivity index (χ1n) is 15.5. The number of primary amides is 2. The number of allylic oxidation sites excluding steroid dienone is 2. The number of methoxy groups -OCH3 is 1. The number of amides is 2. The van der Waals surface area contributed by atoms with E-state index in [0.717, 1.165) is 5.69 Å². The fourth-order valence-electron chi connectivity index (χ4n) is 5.64.